The number of ether oxygens (including phenoxy) is 1. The second-order valence-corrected chi connectivity index (χ2v) is 8.08. The van der Waals surface area contributed by atoms with Gasteiger partial charge in [-0.1, -0.05) is 50.6 Å². The van der Waals surface area contributed by atoms with Crippen LogP contribution in [-0.4, -0.2) is 30.4 Å². The first-order chi connectivity index (χ1) is 13.6. The number of carbonyl (C=O) groups excluding carboxylic acids is 3. The Labute approximate surface area is 175 Å². The summed E-state index contributed by atoms with van der Waals surface area (Å²) in [5, 5.41) is 5.58. The summed E-state index contributed by atoms with van der Waals surface area (Å²) in [5.41, 5.74) is 2.03. The van der Waals surface area contributed by atoms with Gasteiger partial charge >= 0.3 is 5.97 Å². The summed E-state index contributed by atoms with van der Waals surface area (Å²) in [4.78, 5) is 36.3. The molecule has 29 heavy (non-hydrogen) atoms. The lowest BCUT2D eigenvalue weighted by Crippen LogP contribution is -2.35. The van der Waals surface area contributed by atoms with Crippen LogP contribution < -0.4 is 10.6 Å². The molecule has 2 rings (SSSR count). The SMILES string of the molecule is C[C@@H](OC(=O)CNC(=O)c1ccc(C(C)(C)C)cc1)C(=O)Nc1cccc(Cl)c1. The van der Waals surface area contributed by atoms with Gasteiger partial charge in [0.25, 0.3) is 11.8 Å². The number of hydrogen-bond donors (Lipinski definition) is 2. The van der Waals surface area contributed by atoms with Gasteiger partial charge < -0.3 is 15.4 Å². The molecule has 0 aliphatic carbocycles. The summed E-state index contributed by atoms with van der Waals surface area (Å²) in [7, 11) is 0. The zero-order valence-corrected chi connectivity index (χ0v) is 17.7. The number of esters is 1. The highest BCUT2D eigenvalue weighted by atomic mass is 35.5. The van der Waals surface area contributed by atoms with Crippen LogP contribution in [0.25, 0.3) is 0 Å². The summed E-state index contributed by atoms with van der Waals surface area (Å²) in [5.74, 6) is -1.60. The highest BCUT2D eigenvalue weighted by Gasteiger charge is 2.19. The second-order valence-electron chi connectivity index (χ2n) is 7.64. The maximum Gasteiger partial charge on any atom is 0.326 e. The number of anilines is 1. The summed E-state index contributed by atoms with van der Waals surface area (Å²) >= 11 is 5.87. The zero-order valence-electron chi connectivity index (χ0n) is 16.9. The standard InChI is InChI=1S/C22H25ClN2O4/c1-14(20(27)25-18-7-5-6-17(23)12-18)29-19(26)13-24-21(28)15-8-10-16(11-9-15)22(2,3)4/h5-12,14H,13H2,1-4H3,(H,24,28)(H,25,27)/t14-/m1/s1. The van der Waals surface area contributed by atoms with E-state index in [1.807, 2.05) is 12.1 Å². The third-order valence-corrected chi connectivity index (χ3v) is 4.41. The molecule has 0 aliphatic rings. The molecule has 6 nitrogen and oxygen atoms in total. The summed E-state index contributed by atoms with van der Waals surface area (Å²) in [6, 6.07) is 13.8. The van der Waals surface area contributed by atoms with Crippen LogP contribution in [0, 0.1) is 0 Å². The maximum atomic E-state index is 12.2. The lowest BCUT2D eigenvalue weighted by Gasteiger charge is -2.19. The quantitative estimate of drug-likeness (QED) is 0.698. The smallest absolute Gasteiger partial charge is 0.326 e. The van der Waals surface area contributed by atoms with Crippen molar-refractivity contribution >= 4 is 35.1 Å². The monoisotopic (exact) mass is 416 g/mol. The van der Waals surface area contributed by atoms with E-state index in [0.717, 1.165) is 5.56 Å². The van der Waals surface area contributed by atoms with E-state index in [-0.39, 0.29) is 12.0 Å². The number of amides is 2. The van der Waals surface area contributed by atoms with Crippen molar-refractivity contribution in [3.05, 3.63) is 64.7 Å². The lowest BCUT2D eigenvalue weighted by atomic mass is 9.87. The van der Waals surface area contributed by atoms with Gasteiger partial charge in [-0.2, -0.15) is 0 Å². The van der Waals surface area contributed by atoms with Crippen molar-refractivity contribution in [3.63, 3.8) is 0 Å². The molecule has 2 N–H and O–H groups in total. The number of rotatable bonds is 6. The van der Waals surface area contributed by atoms with Crippen molar-refractivity contribution in [1.82, 2.24) is 5.32 Å². The Bertz CT molecular complexity index is 888. The number of hydrogen-bond acceptors (Lipinski definition) is 4. The van der Waals surface area contributed by atoms with E-state index in [9.17, 15) is 14.4 Å². The predicted octanol–water partition coefficient (Wildman–Crippen LogP) is 3.94. The third kappa shape index (κ3) is 6.91. The van der Waals surface area contributed by atoms with Gasteiger partial charge in [0.05, 0.1) is 0 Å². The van der Waals surface area contributed by atoms with Gasteiger partial charge in [-0.15, -0.1) is 0 Å². The molecule has 2 amide bonds. The molecule has 0 saturated heterocycles. The topological polar surface area (TPSA) is 84.5 Å². The average Bonchev–Trinajstić information content (AvgIpc) is 2.65. The number of nitrogens with one attached hydrogen (secondary N) is 2. The average molecular weight is 417 g/mol. The van der Waals surface area contributed by atoms with E-state index in [2.05, 4.69) is 31.4 Å². The fourth-order valence-corrected chi connectivity index (χ4v) is 2.67. The van der Waals surface area contributed by atoms with Gasteiger partial charge in [-0.05, 0) is 48.2 Å². The Morgan fingerprint density at radius 1 is 1.07 bits per heavy atom. The van der Waals surface area contributed by atoms with Crippen LogP contribution in [0.3, 0.4) is 0 Å². The van der Waals surface area contributed by atoms with E-state index in [0.29, 0.717) is 16.3 Å². The van der Waals surface area contributed by atoms with Crippen LogP contribution in [-0.2, 0) is 19.7 Å². The zero-order chi connectivity index (χ0) is 21.6. The minimum Gasteiger partial charge on any atom is -0.451 e. The molecule has 0 aliphatic heterocycles. The van der Waals surface area contributed by atoms with Crippen LogP contribution in [0.1, 0.15) is 43.6 Å². The van der Waals surface area contributed by atoms with Crippen LogP contribution in [0.2, 0.25) is 5.02 Å². The highest BCUT2D eigenvalue weighted by Crippen LogP contribution is 2.22. The van der Waals surface area contributed by atoms with Crippen LogP contribution in [0.5, 0.6) is 0 Å². The van der Waals surface area contributed by atoms with Crippen LogP contribution >= 0.6 is 11.6 Å². The third-order valence-electron chi connectivity index (χ3n) is 4.18. The Morgan fingerprint density at radius 3 is 2.31 bits per heavy atom. The summed E-state index contributed by atoms with van der Waals surface area (Å²) in [6.07, 6.45) is -1.02. The van der Waals surface area contributed by atoms with Gasteiger partial charge in [0, 0.05) is 16.3 Å². The van der Waals surface area contributed by atoms with Crippen molar-refractivity contribution in [2.24, 2.45) is 0 Å². The van der Waals surface area contributed by atoms with Gasteiger partial charge in [0.15, 0.2) is 6.10 Å². The van der Waals surface area contributed by atoms with E-state index < -0.39 is 23.9 Å². The Morgan fingerprint density at radius 2 is 1.72 bits per heavy atom. The van der Waals surface area contributed by atoms with Crippen molar-refractivity contribution in [2.75, 3.05) is 11.9 Å². The fraction of sp³-hybridized carbons (Fsp3) is 0.318. The lowest BCUT2D eigenvalue weighted by molar-refractivity contribution is -0.152. The number of carbonyl (C=O) groups is 3. The predicted molar refractivity (Wildman–Crippen MR) is 113 cm³/mol. The number of benzene rings is 2. The molecule has 0 saturated carbocycles. The minimum atomic E-state index is -1.02. The molecule has 0 heterocycles. The molecule has 7 heteroatoms. The van der Waals surface area contributed by atoms with E-state index in [1.165, 1.54) is 6.92 Å². The van der Waals surface area contributed by atoms with E-state index >= 15 is 0 Å². The first-order valence-corrected chi connectivity index (χ1v) is 9.59. The Kier molecular flexibility index (Phi) is 7.40. The van der Waals surface area contributed by atoms with Crippen LogP contribution in [0.4, 0.5) is 5.69 Å². The molecule has 0 spiro atoms. The molecule has 0 aromatic heterocycles. The number of halogens is 1. The van der Waals surface area contributed by atoms with Gasteiger partial charge in [0.1, 0.15) is 6.54 Å². The summed E-state index contributed by atoms with van der Waals surface area (Å²) in [6.45, 7) is 7.37. The Balaban J connectivity index is 1.82. The molecular weight excluding hydrogens is 392 g/mol. The van der Waals surface area contributed by atoms with Crippen molar-refractivity contribution in [3.8, 4) is 0 Å². The van der Waals surface area contributed by atoms with Crippen molar-refractivity contribution < 1.29 is 19.1 Å². The fourth-order valence-electron chi connectivity index (χ4n) is 2.48. The van der Waals surface area contributed by atoms with Gasteiger partial charge in [-0.25, -0.2) is 0 Å². The van der Waals surface area contributed by atoms with Crippen molar-refractivity contribution in [1.29, 1.82) is 0 Å². The largest absolute Gasteiger partial charge is 0.451 e. The first-order valence-electron chi connectivity index (χ1n) is 9.21. The minimum absolute atomic E-state index is 0.0133. The maximum absolute atomic E-state index is 12.2. The van der Waals surface area contributed by atoms with Gasteiger partial charge in [-0.3, -0.25) is 14.4 Å². The molecule has 1 atom stereocenters. The molecule has 2 aromatic carbocycles. The molecule has 2 aromatic rings. The highest BCUT2D eigenvalue weighted by molar-refractivity contribution is 6.30. The van der Waals surface area contributed by atoms with E-state index in [4.69, 9.17) is 16.3 Å². The van der Waals surface area contributed by atoms with E-state index in [1.54, 1.807) is 36.4 Å². The first kappa shape index (κ1) is 22.4. The molecule has 0 radical (unpaired) electrons. The molecule has 154 valence electrons. The summed E-state index contributed by atoms with van der Waals surface area (Å²) < 4.78 is 5.07. The Hall–Kier alpha value is -2.86. The van der Waals surface area contributed by atoms with Crippen LogP contribution in [0.15, 0.2) is 48.5 Å². The second kappa shape index (κ2) is 9.56. The molecule has 0 fully saturated rings. The molecular formula is C22H25ClN2O4. The molecule has 0 unspecified atom stereocenters. The molecule has 0 bridgehead atoms. The normalized spacial score (nSPS) is 12.0. The van der Waals surface area contributed by atoms with Crippen molar-refractivity contribution in [2.45, 2.75) is 39.2 Å². The van der Waals surface area contributed by atoms with Gasteiger partial charge in [0.2, 0.25) is 0 Å².